The van der Waals surface area contributed by atoms with Crippen LogP contribution in [-0.4, -0.2) is 40.2 Å². The third-order valence-electron chi connectivity index (χ3n) is 8.17. The highest BCUT2D eigenvalue weighted by atomic mass is 16.6. The number of piperidine rings is 1. The summed E-state index contributed by atoms with van der Waals surface area (Å²) in [5.74, 6) is 0.910. The summed E-state index contributed by atoms with van der Waals surface area (Å²) in [6.45, 7) is 1.96. The summed E-state index contributed by atoms with van der Waals surface area (Å²) < 4.78 is 6.32. The zero-order chi connectivity index (χ0) is 20.5. The Morgan fingerprint density at radius 3 is 2.90 bits per heavy atom. The van der Waals surface area contributed by atoms with Crippen molar-refractivity contribution in [1.82, 2.24) is 4.90 Å². The lowest BCUT2D eigenvalue weighted by Crippen LogP contribution is -2.64. The summed E-state index contributed by atoms with van der Waals surface area (Å²) in [7, 11) is 0. The SMILES string of the molecule is O=[N+]([O-])c1cc(O)c2c3c1C[C@@H]1[C@@H]4CCC[C@H](O2)[C@]34CCN1CCc1ccccc1. The van der Waals surface area contributed by atoms with Crippen LogP contribution in [0.1, 0.15) is 42.4 Å². The van der Waals surface area contributed by atoms with Crippen LogP contribution in [0.5, 0.6) is 11.5 Å². The molecule has 2 aromatic carbocycles. The molecular formula is C24H26N2O4. The zero-order valence-corrected chi connectivity index (χ0v) is 16.9. The van der Waals surface area contributed by atoms with Gasteiger partial charge >= 0.3 is 0 Å². The Hall–Kier alpha value is -2.60. The Morgan fingerprint density at radius 2 is 2.10 bits per heavy atom. The van der Waals surface area contributed by atoms with Gasteiger partial charge in [0.1, 0.15) is 6.10 Å². The molecule has 1 spiro atoms. The molecule has 6 heteroatoms. The summed E-state index contributed by atoms with van der Waals surface area (Å²) in [6.07, 6.45) is 5.88. The highest BCUT2D eigenvalue weighted by molar-refractivity contribution is 5.67. The first-order valence-corrected chi connectivity index (χ1v) is 11.1. The molecule has 156 valence electrons. The molecule has 2 heterocycles. The van der Waals surface area contributed by atoms with Gasteiger partial charge in [-0.15, -0.1) is 0 Å². The Kier molecular flexibility index (Phi) is 3.91. The van der Waals surface area contributed by atoms with Gasteiger partial charge in [0.25, 0.3) is 5.69 Å². The van der Waals surface area contributed by atoms with E-state index in [9.17, 15) is 15.2 Å². The topological polar surface area (TPSA) is 75.8 Å². The number of nitro groups is 1. The van der Waals surface area contributed by atoms with E-state index in [1.54, 1.807) is 0 Å². The molecule has 6 rings (SSSR count). The van der Waals surface area contributed by atoms with E-state index in [4.69, 9.17) is 4.74 Å². The number of nitrogens with zero attached hydrogens (tertiary/aromatic N) is 2. The van der Waals surface area contributed by atoms with E-state index in [0.29, 0.717) is 24.1 Å². The first-order chi connectivity index (χ1) is 14.6. The van der Waals surface area contributed by atoms with Crippen molar-refractivity contribution in [3.05, 3.63) is 63.2 Å². The molecule has 4 atom stereocenters. The zero-order valence-electron chi connectivity index (χ0n) is 16.9. The highest BCUT2D eigenvalue weighted by Crippen LogP contribution is 2.65. The molecule has 2 aliphatic carbocycles. The van der Waals surface area contributed by atoms with Crippen molar-refractivity contribution in [2.75, 3.05) is 13.1 Å². The minimum Gasteiger partial charge on any atom is -0.504 e. The van der Waals surface area contributed by atoms with Crippen molar-refractivity contribution in [2.24, 2.45) is 5.92 Å². The lowest BCUT2D eigenvalue weighted by atomic mass is 9.51. The minimum atomic E-state index is -0.327. The van der Waals surface area contributed by atoms with Crippen molar-refractivity contribution in [1.29, 1.82) is 0 Å². The number of ether oxygens (including phenoxy) is 1. The fraction of sp³-hybridized carbons (Fsp3) is 0.500. The fourth-order valence-electron chi connectivity index (χ4n) is 7.02. The smallest absolute Gasteiger partial charge is 0.276 e. The molecule has 1 saturated heterocycles. The van der Waals surface area contributed by atoms with Crippen LogP contribution in [0, 0.1) is 16.0 Å². The highest BCUT2D eigenvalue weighted by Gasteiger charge is 2.64. The maximum atomic E-state index is 11.9. The van der Waals surface area contributed by atoms with E-state index in [1.807, 2.05) is 6.07 Å². The lowest BCUT2D eigenvalue weighted by Gasteiger charge is -2.58. The normalized spacial score (nSPS) is 31.1. The monoisotopic (exact) mass is 406 g/mol. The first-order valence-electron chi connectivity index (χ1n) is 11.1. The third kappa shape index (κ3) is 2.34. The Balaban J connectivity index is 1.43. The lowest BCUT2D eigenvalue weighted by molar-refractivity contribution is -0.385. The van der Waals surface area contributed by atoms with Gasteiger partial charge in [-0.05, 0) is 56.6 Å². The third-order valence-corrected chi connectivity index (χ3v) is 8.17. The van der Waals surface area contributed by atoms with E-state index in [1.165, 1.54) is 11.6 Å². The van der Waals surface area contributed by atoms with E-state index in [0.717, 1.165) is 56.3 Å². The second-order valence-electron chi connectivity index (χ2n) is 9.33. The molecule has 0 unspecified atom stereocenters. The van der Waals surface area contributed by atoms with E-state index in [-0.39, 0.29) is 27.9 Å². The van der Waals surface area contributed by atoms with Gasteiger partial charge in [-0.25, -0.2) is 0 Å². The molecule has 2 aromatic rings. The molecule has 30 heavy (non-hydrogen) atoms. The Morgan fingerprint density at radius 1 is 1.27 bits per heavy atom. The Bertz CT molecular complexity index is 1020. The predicted octanol–water partition coefficient (Wildman–Crippen LogP) is 3.97. The molecule has 6 nitrogen and oxygen atoms in total. The van der Waals surface area contributed by atoms with Crippen molar-refractivity contribution < 1.29 is 14.8 Å². The van der Waals surface area contributed by atoms with E-state index in [2.05, 4.69) is 29.2 Å². The maximum absolute atomic E-state index is 11.9. The maximum Gasteiger partial charge on any atom is 0.276 e. The van der Waals surface area contributed by atoms with E-state index >= 15 is 0 Å². The quantitative estimate of drug-likeness (QED) is 0.614. The molecule has 2 bridgehead atoms. The second kappa shape index (κ2) is 6.45. The van der Waals surface area contributed by atoms with Gasteiger partial charge in [0.15, 0.2) is 11.5 Å². The number of phenols is 1. The molecule has 4 aliphatic rings. The van der Waals surface area contributed by atoms with Gasteiger partial charge < -0.3 is 9.84 Å². The number of aromatic hydroxyl groups is 1. The van der Waals surface area contributed by atoms with E-state index < -0.39 is 0 Å². The van der Waals surface area contributed by atoms with Crippen LogP contribution in [0.25, 0.3) is 0 Å². The molecule has 0 aromatic heterocycles. The molecule has 2 fully saturated rings. The van der Waals surface area contributed by atoms with Crippen LogP contribution in [0.4, 0.5) is 5.69 Å². The van der Waals surface area contributed by atoms with Gasteiger partial charge in [0.2, 0.25) is 0 Å². The van der Waals surface area contributed by atoms with Gasteiger partial charge in [-0.3, -0.25) is 15.0 Å². The summed E-state index contributed by atoms with van der Waals surface area (Å²) in [5.41, 5.74) is 3.01. The molecule has 1 saturated carbocycles. The van der Waals surface area contributed by atoms with Crippen LogP contribution in [-0.2, 0) is 18.3 Å². The van der Waals surface area contributed by atoms with Crippen molar-refractivity contribution >= 4 is 5.69 Å². The average Bonchev–Trinajstić information content (AvgIpc) is 3.09. The number of rotatable bonds is 4. The van der Waals surface area contributed by atoms with Gasteiger partial charge in [-0.2, -0.15) is 0 Å². The number of benzene rings is 2. The molecule has 0 amide bonds. The number of phenolic OH excluding ortho intramolecular Hbond substituents is 1. The first kappa shape index (κ1) is 18.2. The predicted molar refractivity (Wildman–Crippen MR) is 112 cm³/mol. The van der Waals surface area contributed by atoms with Gasteiger partial charge in [0, 0.05) is 29.1 Å². The number of hydrogen-bond donors (Lipinski definition) is 1. The number of hydrogen-bond acceptors (Lipinski definition) is 5. The van der Waals surface area contributed by atoms with Crippen LogP contribution in [0.3, 0.4) is 0 Å². The van der Waals surface area contributed by atoms with Gasteiger partial charge in [-0.1, -0.05) is 30.3 Å². The van der Waals surface area contributed by atoms with Crippen LogP contribution >= 0.6 is 0 Å². The number of nitro benzene ring substituents is 1. The van der Waals surface area contributed by atoms with Crippen molar-refractivity contribution in [2.45, 2.75) is 56.1 Å². The standard InChI is InChI=1S/C24H26N2O4/c27-20-14-18(26(28)29)16-13-19-17-7-4-8-21-24(17,22(16)23(20)30-21)10-12-25(19)11-9-15-5-2-1-3-6-15/h1-3,5-6,14,17,19,21,27H,4,7-13H2/t17-,19+,21-,24+/m0/s1. The molecule has 2 aliphatic heterocycles. The molecular weight excluding hydrogens is 380 g/mol. The minimum absolute atomic E-state index is 0.0389. The van der Waals surface area contributed by atoms with Crippen molar-refractivity contribution in [3.63, 3.8) is 0 Å². The summed E-state index contributed by atoms with van der Waals surface area (Å²) >= 11 is 0. The summed E-state index contributed by atoms with van der Waals surface area (Å²) in [6, 6.07) is 12.2. The molecule has 1 N–H and O–H groups in total. The van der Waals surface area contributed by atoms with Crippen LogP contribution in [0.15, 0.2) is 36.4 Å². The van der Waals surface area contributed by atoms with Crippen molar-refractivity contribution in [3.8, 4) is 11.5 Å². The summed E-state index contributed by atoms with van der Waals surface area (Å²) in [5, 5.41) is 22.4. The Labute approximate surface area is 175 Å². The average molecular weight is 406 g/mol. The van der Waals surface area contributed by atoms with Crippen LogP contribution < -0.4 is 4.74 Å². The van der Waals surface area contributed by atoms with Gasteiger partial charge in [0.05, 0.1) is 11.0 Å². The van der Waals surface area contributed by atoms with Crippen LogP contribution in [0.2, 0.25) is 0 Å². The second-order valence-corrected chi connectivity index (χ2v) is 9.33. The summed E-state index contributed by atoms with van der Waals surface area (Å²) in [4.78, 5) is 14.1. The fourth-order valence-corrected chi connectivity index (χ4v) is 7.02. The number of likely N-dealkylation sites (tertiary alicyclic amines) is 1. The molecule has 0 radical (unpaired) electrons. The largest absolute Gasteiger partial charge is 0.504 e.